The lowest BCUT2D eigenvalue weighted by Crippen LogP contribution is -2.47. The van der Waals surface area contributed by atoms with Gasteiger partial charge in [-0.15, -0.1) is 0 Å². The van der Waals surface area contributed by atoms with E-state index in [4.69, 9.17) is 4.74 Å². The van der Waals surface area contributed by atoms with Crippen LogP contribution in [0.4, 0.5) is 0 Å². The van der Waals surface area contributed by atoms with Crippen molar-refractivity contribution >= 4 is 6.29 Å². The topological polar surface area (TPSA) is 66.8 Å². The average Bonchev–Trinajstić information content (AvgIpc) is 2.28. The number of aldehydes is 1. The highest BCUT2D eigenvalue weighted by atomic mass is 16.6. The third-order valence-electron chi connectivity index (χ3n) is 3.05. The number of hydrogen-bond acceptors (Lipinski definition) is 4. The Bertz CT molecular complexity index is 295. The van der Waals surface area contributed by atoms with Crippen molar-refractivity contribution in [1.82, 2.24) is 0 Å². The summed E-state index contributed by atoms with van der Waals surface area (Å²) in [6.45, 7) is 6.50. The van der Waals surface area contributed by atoms with Crippen LogP contribution in [0.15, 0.2) is 11.6 Å². The number of carbonyl (C=O) groups excluding carboxylic acids is 1. The molecule has 1 saturated heterocycles. The molecular formula is C11H18O4. The van der Waals surface area contributed by atoms with Gasteiger partial charge in [0.05, 0.1) is 6.10 Å². The largest absolute Gasteiger partial charge is 0.387 e. The molecule has 0 aromatic carbocycles. The molecular weight excluding hydrogens is 196 g/mol. The van der Waals surface area contributed by atoms with Gasteiger partial charge in [-0.1, -0.05) is 0 Å². The lowest BCUT2D eigenvalue weighted by molar-refractivity contribution is -0.105. The van der Waals surface area contributed by atoms with Gasteiger partial charge in [0, 0.05) is 0 Å². The second-order valence-corrected chi connectivity index (χ2v) is 4.58. The normalized spacial score (nSPS) is 46.9. The minimum Gasteiger partial charge on any atom is -0.387 e. The maximum Gasteiger partial charge on any atom is 0.145 e. The first-order valence-corrected chi connectivity index (χ1v) is 4.97. The van der Waals surface area contributed by atoms with Gasteiger partial charge in [0.1, 0.15) is 23.6 Å². The Labute approximate surface area is 89.6 Å². The van der Waals surface area contributed by atoms with Gasteiger partial charge >= 0.3 is 0 Å². The average molecular weight is 214 g/mol. The molecule has 1 aliphatic rings. The van der Waals surface area contributed by atoms with Crippen molar-refractivity contribution in [2.45, 2.75) is 51.1 Å². The van der Waals surface area contributed by atoms with Crippen LogP contribution in [0.1, 0.15) is 27.7 Å². The number of aliphatic hydroxyl groups is 2. The van der Waals surface area contributed by atoms with Crippen LogP contribution in [-0.2, 0) is 9.53 Å². The second-order valence-electron chi connectivity index (χ2n) is 4.58. The predicted molar refractivity (Wildman–Crippen MR) is 55.4 cm³/mol. The van der Waals surface area contributed by atoms with Gasteiger partial charge in [-0.3, -0.25) is 4.79 Å². The van der Waals surface area contributed by atoms with Crippen molar-refractivity contribution in [3.05, 3.63) is 11.6 Å². The Kier molecular flexibility index (Phi) is 3.05. The minimum absolute atomic E-state index is 0.474. The first kappa shape index (κ1) is 12.4. The number of rotatable bonds is 2. The molecule has 1 heterocycles. The maximum absolute atomic E-state index is 10.5. The quantitative estimate of drug-likeness (QED) is 0.516. The van der Waals surface area contributed by atoms with Crippen LogP contribution in [0.2, 0.25) is 0 Å². The summed E-state index contributed by atoms with van der Waals surface area (Å²) in [6, 6.07) is 0. The molecule has 0 aliphatic carbocycles. The van der Waals surface area contributed by atoms with Gasteiger partial charge in [-0.2, -0.15) is 0 Å². The molecule has 0 aromatic rings. The van der Waals surface area contributed by atoms with Crippen LogP contribution in [0.3, 0.4) is 0 Å². The number of hydrogen-bond donors (Lipinski definition) is 2. The van der Waals surface area contributed by atoms with Crippen LogP contribution in [0, 0.1) is 0 Å². The molecule has 0 saturated carbocycles. The lowest BCUT2D eigenvalue weighted by Gasteiger charge is -2.28. The lowest BCUT2D eigenvalue weighted by atomic mass is 9.86. The third kappa shape index (κ3) is 1.97. The predicted octanol–water partition coefficient (Wildman–Crippen LogP) is 0.421. The highest BCUT2D eigenvalue weighted by molar-refractivity contribution is 5.72. The van der Waals surface area contributed by atoms with E-state index in [9.17, 15) is 15.0 Å². The van der Waals surface area contributed by atoms with Crippen LogP contribution in [0.5, 0.6) is 0 Å². The SMILES string of the molecule is C/C(C=O)=C\[C@@]1(C)O[C@H](C)[C@](C)(O)[C@@H]1O. The smallest absolute Gasteiger partial charge is 0.145 e. The summed E-state index contributed by atoms with van der Waals surface area (Å²) >= 11 is 0. The molecule has 4 atom stereocenters. The molecule has 0 bridgehead atoms. The highest BCUT2D eigenvalue weighted by Crippen LogP contribution is 2.39. The molecule has 0 unspecified atom stereocenters. The van der Waals surface area contributed by atoms with Crippen LogP contribution >= 0.6 is 0 Å². The van der Waals surface area contributed by atoms with E-state index in [0.29, 0.717) is 11.9 Å². The monoisotopic (exact) mass is 214 g/mol. The van der Waals surface area contributed by atoms with Crippen molar-refractivity contribution in [2.24, 2.45) is 0 Å². The summed E-state index contributed by atoms with van der Waals surface area (Å²) in [6.07, 6.45) is 0.713. The first-order valence-electron chi connectivity index (χ1n) is 4.97. The molecule has 4 nitrogen and oxygen atoms in total. The van der Waals surface area contributed by atoms with Gasteiger partial charge in [0.2, 0.25) is 0 Å². The standard InChI is InChI=1S/C11H18O4/c1-7(6-12)5-10(3)9(13)11(4,14)8(2)15-10/h5-6,8-9,13-14H,1-4H3/b7-5+/t8-,9-,10-,11+/m1/s1. The summed E-state index contributed by atoms with van der Waals surface area (Å²) < 4.78 is 5.51. The molecule has 0 spiro atoms. The zero-order valence-corrected chi connectivity index (χ0v) is 9.52. The van der Waals surface area contributed by atoms with E-state index in [1.165, 1.54) is 6.92 Å². The Hall–Kier alpha value is -0.710. The van der Waals surface area contributed by atoms with E-state index in [0.717, 1.165) is 0 Å². The summed E-state index contributed by atoms with van der Waals surface area (Å²) in [4.78, 5) is 10.5. The third-order valence-corrected chi connectivity index (χ3v) is 3.05. The second kappa shape index (κ2) is 3.70. The fourth-order valence-corrected chi connectivity index (χ4v) is 1.97. The van der Waals surface area contributed by atoms with Gasteiger partial charge in [0.25, 0.3) is 0 Å². The van der Waals surface area contributed by atoms with E-state index in [1.54, 1.807) is 26.8 Å². The molecule has 2 N–H and O–H groups in total. The van der Waals surface area contributed by atoms with E-state index >= 15 is 0 Å². The Balaban J connectivity index is 3.03. The highest BCUT2D eigenvalue weighted by Gasteiger charge is 2.55. The summed E-state index contributed by atoms with van der Waals surface area (Å²) in [5.74, 6) is 0. The molecule has 0 radical (unpaired) electrons. The Morgan fingerprint density at radius 2 is 2.00 bits per heavy atom. The minimum atomic E-state index is -1.30. The van der Waals surface area contributed by atoms with E-state index in [1.807, 2.05) is 0 Å². The fraction of sp³-hybridized carbons (Fsp3) is 0.727. The van der Waals surface area contributed by atoms with Gasteiger partial charge in [-0.25, -0.2) is 0 Å². The molecule has 86 valence electrons. The van der Waals surface area contributed by atoms with Crippen LogP contribution in [-0.4, -0.2) is 39.9 Å². The number of ether oxygens (including phenoxy) is 1. The van der Waals surface area contributed by atoms with Crippen molar-refractivity contribution in [3.8, 4) is 0 Å². The summed E-state index contributed by atoms with van der Waals surface area (Å²) in [5, 5.41) is 19.9. The Morgan fingerprint density at radius 3 is 2.33 bits per heavy atom. The molecule has 1 rings (SSSR count). The summed E-state index contributed by atoms with van der Waals surface area (Å²) in [5.41, 5.74) is -1.83. The van der Waals surface area contributed by atoms with Crippen LogP contribution < -0.4 is 0 Å². The van der Waals surface area contributed by atoms with Gasteiger partial charge in [0.15, 0.2) is 0 Å². The molecule has 4 heteroatoms. The van der Waals surface area contributed by atoms with Crippen molar-refractivity contribution in [3.63, 3.8) is 0 Å². The van der Waals surface area contributed by atoms with Gasteiger partial charge in [-0.05, 0) is 39.3 Å². The number of allylic oxidation sites excluding steroid dienone is 1. The summed E-state index contributed by atoms with van der Waals surface area (Å²) in [7, 11) is 0. The van der Waals surface area contributed by atoms with Gasteiger partial charge < -0.3 is 14.9 Å². The first-order chi connectivity index (χ1) is 6.74. The number of carbonyl (C=O) groups is 1. The van der Waals surface area contributed by atoms with Crippen molar-refractivity contribution in [1.29, 1.82) is 0 Å². The van der Waals surface area contributed by atoms with Crippen molar-refractivity contribution < 1.29 is 19.7 Å². The van der Waals surface area contributed by atoms with E-state index in [-0.39, 0.29) is 0 Å². The maximum atomic E-state index is 10.5. The molecule has 1 aliphatic heterocycles. The molecule has 15 heavy (non-hydrogen) atoms. The molecule has 0 amide bonds. The fourth-order valence-electron chi connectivity index (χ4n) is 1.97. The van der Waals surface area contributed by atoms with Crippen LogP contribution in [0.25, 0.3) is 0 Å². The zero-order chi connectivity index (χ0) is 11.9. The van der Waals surface area contributed by atoms with E-state index < -0.39 is 23.4 Å². The van der Waals surface area contributed by atoms with Crippen molar-refractivity contribution in [2.75, 3.05) is 0 Å². The number of aliphatic hydroxyl groups excluding tert-OH is 1. The Morgan fingerprint density at radius 1 is 1.47 bits per heavy atom. The molecule has 1 fully saturated rings. The molecule has 0 aromatic heterocycles. The van der Waals surface area contributed by atoms with E-state index in [2.05, 4.69) is 0 Å². The zero-order valence-electron chi connectivity index (χ0n) is 9.52.